The molecule has 1 N–H and O–H groups in total. The average molecular weight is 468 g/mol. The smallest absolute Gasteiger partial charge is 0.158 e. The number of methoxy groups -OCH3 is 1. The van der Waals surface area contributed by atoms with Crippen molar-refractivity contribution in [2.45, 2.75) is 83.8 Å². The van der Waals surface area contributed by atoms with Crippen LogP contribution in [-0.4, -0.2) is 40.0 Å². The van der Waals surface area contributed by atoms with Gasteiger partial charge in [0.1, 0.15) is 6.07 Å². The number of fused-ring (bicyclic) bond motifs is 3. The predicted octanol–water partition coefficient (Wildman–Crippen LogP) is 4.61. The molecule has 0 saturated heterocycles. The summed E-state index contributed by atoms with van der Waals surface area (Å²) in [6.45, 7) is 5.48. The molecule has 6 heteroatoms. The van der Waals surface area contributed by atoms with E-state index in [4.69, 9.17) is 10.00 Å². The Kier molecular flexibility index (Phi) is 6.40. The molecule has 0 radical (unpaired) electrons. The quantitative estimate of drug-likeness (QED) is 0.603. The van der Waals surface area contributed by atoms with Crippen LogP contribution in [0.25, 0.3) is 0 Å². The zero-order valence-electron chi connectivity index (χ0n) is 21.1. The molecule has 4 aliphatic rings. The van der Waals surface area contributed by atoms with E-state index in [1.807, 2.05) is 0 Å². The van der Waals surface area contributed by atoms with Crippen molar-refractivity contribution in [3.63, 3.8) is 0 Å². The van der Waals surface area contributed by atoms with Crippen LogP contribution < -0.4 is 0 Å². The second-order valence-corrected chi connectivity index (χ2v) is 12.2. The third-order valence-electron chi connectivity index (χ3n) is 10.3. The number of hydrogen-bond acceptors (Lipinski definition) is 5. The van der Waals surface area contributed by atoms with E-state index in [1.165, 1.54) is 25.7 Å². The van der Waals surface area contributed by atoms with Crippen LogP contribution in [0, 0.1) is 58.2 Å². The molecule has 4 saturated carbocycles. The van der Waals surface area contributed by atoms with Crippen molar-refractivity contribution in [2.75, 3.05) is 13.7 Å². The summed E-state index contributed by atoms with van der Waals surface area (Å²) in [6.07, 6.45) is 13.2. The molecule has 1 aromatic rings. The molecule has 0 spiro atoms. The van der Waals surface area contributed by atoms with Crippen molar-refractivity contribution in [2.24, 2.45) is 46.8 Å². The van der Waals surface area contributed by atoms with Crippen LogP contribution in [0.2, 0.25) is 0 Å². The zero-order valence-corrected chi connectivity index (χ0v) is 21.1. The fourth-order valence-electron chi connectivity index (χ4n) is 9.01. The minimum atomic E-state index is -0.640. The molecule has 1 aromatic heterocycles. The fourth-order valence-corrected chi connectivity index (χ4v) is 9.01. The van der Waals surface area contributed by atoms with Gasteiger partial charge in [-0.2, -0.15) is 10.4 Å². The first-order valence-corrected chi connectivity index (χ1v) is 13.5. The maximum absolute atomic E-state index is 13.6. The summed E-state index contributed by atoms with van der Waals surface area (Å²) in [4.78, 5) is 13.6. The first kappa shape index (κ1) is 24.0. The van der Waals surface area contributed by atoms with Crippen LogP contribution in [0.1, 0.15) is 77.2 Å². The molecule has 186 valence electrons. The highest BCUT2D eigenvalue weighted by Crippen LogP contribution is 2.73. The van der Waals surface area contributed by atoms with Crippen LogP contribution in [-0.2, 0) is 16.1 Å². The van der Waals surface area contributed by atoms with Gasteiger partial charge in [0.25, 0.3) is 0 Å². The third-order valence-corrected chi connectivity index (χ3v) is 10.3. The molecule has 2 unspecified atom stereocenters. The summed E-state index contributed by atoms with van der Waals surface area (Å²) in [5.74, 6) is 4.48. The number of nitrogens with zero attached hydrogens (tertiary/aromatic N) is 3. The summed E-state index contributed by atoms with van der Waals surface area (Å²) < 4.78 is 6.95. The molecule has 0 aliphatic heterocycles. The molecule has 4 fully saturated rings. The predicted molar refractivity (Wildman–Crippen MR) is 129 cm³/mol. The highest BCUT2D eigenvalue weighted by atomic mass is 16.5. The van der Waals surface area contributed by atoms with E-state index in [0.717, 1.165) is 38.0 Å². The van der Waals surface area contributed by atoms with Crippen LogP contribution >= 0.6 is 0 Å². The lowest BCUT2D eigenvalue weighted by molar-refractivity contribution is -0.132. The maximum atomic E-state index is 13.6. The second-order valence-electron chi connectivity index (χ2n) is 12.2. The van der Waals surface area contributed by atoms with Gasteiger partial charge in [-0.1, -0.05) is 26.7 Å². The van der Waals surface area contributed by atoms with Crippen molar-refractivity contribution >= 4 is 5.78 Å². The Hall–Kier alpha value is -1.71. The number of aromatic nitrogens is 2. The van der Waals surface area contributed by atoms with E-state index in [9.17, 15) is 9.90 Å². The zero-order chi connectivity index (χ0) is 24.1. The second kappa shape index (κ2) is 9.06. The molecule has 6 nitrogen and oxygen atoms in total. The molecule has 0 aromatic carbocycles. The Labute approximate surface area is 204 Å². The van der Waals surface area contributed by atoms with Gasteiger partial charge >= 0.3 is 0 Å². The van der Waals surface area contributed by atoms with Gasteiger partial charge in [-0.15, -0.1) is 0 Å². The number of rotatable bonds is 8. The molecule has 1 heterocycles. The lowest BCUT2D eigenvalue weighted by Crippen LogP contribution is -2.49. The number of hydrogen-bond donors (Lipinski definition) is 1. The number of ketones is 1. The van der Waals surface area contributed by atoms with Crippen molar-refractivity contribution in [3.05, 3.63) is 18.0 Å². The summed E-state index contributed by atoms with van der Waals surface area (Å²) >= 11 is 0. The number of ether oxygens (including phenoxy) is 1. The lowest BCUT2D eigenvalue weighted by atomic mass is 9.51. The highest BCUT2D eigenvalue weighted by Gasteiger charge is 2.70. The van der Waals surface area contributed by atoms with E-state index in [2.05, 4.69) is 25.0 Å². The molecule has 0 bridgehead atoms. The van der Waals surface area contributed by atoms with E-state index >= 15 is 0 Å². The Bertz CT molecular complexity index is 943. The number of carbonyl (C=O) groups is 1. The van der Waals surface area contributed by atoms with Gasteiger partial charge in [0, 0.05) is 19.2 Å². The highest BCUT2D eigenvalue weighted by molar-refractivity contribution is 5.83. The van der Waals surface area contributed by atoms with E-state index in [-0.39, 0.29) is 11.3 Å². The summed E-state index contributed by atoms with van der Waals surface area (Å²) in [6, 6.07) is 2.11. The molecule has 7 atom stereocenters. The standard InChI is InChI=1S/C28H41N3O3/c1-4-5-21-20(19-6-10-28(33,11-7-19)17-34-3)8-9-27(2)25(21)22-12-23(22)26(27)24(32)16-31-15-18(13-29)14-30-31/h14-15,19-23,25-26,33H,4-12,16-17H2,1-3H3/t19?,20-,21-,22?,23?,25-,26-,27+,28?/m1/s1. The van der Waals surface area contributed by atoms with Gasteiger partial charge < -0.3 is 9.84 Å². The number of carbonyl (C=O) groups excluding carboxylic acids is 1. The molecule has 4 aliphatic carbocycles. The van der Waals surface area contributed by atoms with Gasteiger partial charge in [0.05, 0.1) is 30.5 Å². The topological polar surface area (TPSA) is 88.1 Å². The van der Waals surface area contributed by atoms with Crippen LogP contribution in [0.5, 0.6) is 0 Å². The van der Waals surface area contributed by atoms with Gasteiger partial charge in [-0.25, -0.2) is 0 Å². The van der Waals surface area contributed by atoms with Crippen molar-refractivity contribution in [1.29, 1.82) is 5.26 Å². The normalized spacial score (nSPS) is 43.1. The minimum Gasteiger partial charge on any atom is -0.387 e. The molecule has 5 rings (SSSR count). The number of Topliss-reactive ketones (excluding diaryl/α,β-unsaturated/α-hetero) is 1. The summed E-state index contributed by atoms with van der Waals surface area (Å²) in [7, 11) is 1.68. The monoisotopic (exact) mass is 467 g/mol. The maximum Gasteiger partial charge on any atom is 0.158 e. The van der Waals surface area contributed by atoms with Crippen molar-refractivity contribution in [3.8, 4) is 6.07 Å². The van der Waals surface area contributed by atoms with Gasteiger partial charge in [-0.3, -0.25) is 9.48 Å². The van der Waals surface area contributed by atoms with Gasteiger partial charge in [0.15, 0.2) is 5.78 Å². The van der Waals surface area contributed by atoms with Crippen LogP contribution in [0.4, 0.5) is 0 Å². The summed E-state index contributed by atoms with van der Waals surface area (Å²) in [5, 5.41) is 24.2. The van der Waals surface area contributed by atoms with Gasteiger partial charge in [-0.05, 0) is 85.9 Å². The summed E-state index contributed by atoms with van der Waals surface area (Å²) in [5.41, 5.74) is -0.0301. The van der Waals surface area contributed by atoms with E-state index < -0.39 is 5.60 Å². The van der Waals surface area contributed by atoms with Crippen molar-refractivity contribution < 1.29 is 14.6 Å². The average Bonchev–Trinajstić information content (AvgIpc) is 3.31. The van der Waals surface area contributed by atoms with Crippen molar-refractivity contribution in [1.82, 2.24) is 9.78 Å². The molecular weight excluding hydrogens is 426 g/mol. The molecular formula is C28H41N3O3. The fraction of sp³-hybridized carbons (Fsp3) is 0.821. The molecule has 34 heavy (non-hydrogen) atoms. The lowest BCUT2D eigenvalue weighted by Gasteiger charge is -2.53. The first-order valence-electron chi connectivity index (χ1n) is 13.5. The van der Waals surface area contributed by atoms with Crippen LogP contribution in [0.3, 0.4) is 0 Å². The minimum absolute atomic E-state index is 0.0949. The van der Waals surface area contributed by atoms with E-state index in [0.29, 0.717) is 54.1 Å². The largest absolute Gasteiger partial charge is 0.387 e. The SMILES string of the molecule is CCC[C@@H]1[C@@H](C2CCC(O)(COC)CC2)CC[C@]2(C)[C@@H](C(=O)Cn3cc(C#N)cn3)C3CC3[C@@H]12. The number of aliphatic hydroxyl groups is 1. The molecule has 0 amide bonds. The Morgan fingerprint density at radius 1 is 1.26 bits per heavy atom. The third kappa shape index (κ3) is 4.03. The number of nitriles is 1. The first-order chi connectivity index (χ1) is 16.3. The van der Waals surface area contributed by atoms with Crippen LogP contribution in [0.15, 0.2) is 12.4 Å². The Morgan fingerprint density at radius 2 is 2.03 bits per heavy atom. The van der Waals surface area contributed by atoms with E-state index in [1.54, 1.807) is 24.2 Å². The van der Waals surface area contributed by atoms with Gasteiger partial charge in [0.2, 0.25) is 0 Å². The Morgan fingerprint density at radius 3 is 2.68 bits per heavy atom. The Balaban J connectivity index is 1.32.